The van der Waals surface area contributed by atoms with Crippen LogP contribution in [0.25, 0.3) is 0 Å². The second-order valence-corrected chi connectivity index (χ2v) is 6.73. The Morgan fingerprint density at radius 1 is 1.19 bits per heavy atom. The van der Waals surface area contributed by atoms with E-state index in [0.717, 1.165) is 10.5 Å². The molecule has 1 heterocycles. The summed E-state index contributed by atoms with van der Waals surface area (Å²) in [6.07, 6.45) is -1.15. The average Bonchev–Trinajstić information content (AvgIpc) is 2.85. The number of nitrogens with one attached hydrogen (secondary N) is 1. The summed E-state index contributed by atoms with van der Waals surface area (Å²) in [5.74, 6) is -1.01. The van der Waals surface area contributed by atoms with Crippen LogP contribution in [0.2, 0.25) is 0 Å². The van der Waals surface area contributed by atoms with Gasteiger partial charge in [0.2, 0.25) is 0 Å². The molecule has 142 valence electrons. The summed E-state index contributed by atoms with van der Waals surface area (Å²) in [5, 5.41) is 12.8. The Morgan fingerprint density at radius 2 is 1.85 bits per heavy atom. The quantitative estimate of drug-likeness (QED) is 0.763. The van der Waals surface area contributed by atoms with Crippen molar-refractivity contribution < 1.29 is 23.8 Å². The molecule has 0 radical (unpaired) electrons. The zero-order valence-electron chi connectivity index (χ0n) is 15.1. The van der Waals surface area contributed by atoms with Crippen LogP contribution in [0.5, 0.6) is 5.75 Å². The van der Waals surface area contributed by atoms with E-state index in [0.29, 0.717) is 5.56 Å². The van der Waals surface area contributed by atoms with Crippen molar-refractivity contribution in [1.82, 2.24) is 10.2 Å². The summed E-state index contributed by atoms with van der Waals surface area (Å²) in [4.78, 5) is 26.1. The molecule has 2 atom stereocenters. The number of para-hydroxylation sites is 1. The van der Waals surface area contributed by atoms with E-state index in [1.165, 1.54) is 18.2 Å². The minimum Gasteiger partial charge on any atom is -0.488 e. The molecule has 27 heavy (non-hydrogen) atoms. The number of aliphatic hydroxyl groups excluding tert-OH is 1. The molecule has 2 N–H and O–H groups in total. The molecule has 0 bridgehead atoms. The van der Waals surface area contributed by atoms with Crippen molar-refractivity contribution in [2.75, 3.05) is 13.2 Å². The molecule has 3 amide bonds. The van der Waals surface area contributed by atoms with Gasteiger partial charge in [-0.3, -0.25) is 9.69 Å². The van der Waals surface area contributed by atoms with E-state index in [1.807, 2.05) is 19.1 Å². The molecule has 0 saturated carbocycles. The van der Waals surface area contributed by atoms with E-state index in [9.17, 15) is 19.1 Å². The lowest BCUT2D eigenvalue weighted by Crippen LogP contribution is -2.42. The number of carbonyl (C=O) groups excluding carboxylic acids is 2. The minimum absolute atomic E-state index is 0.00163. The van der Waals surface area contributed by atoms with Crippen molar-refractivity contribution in [3.63, 3.8) is 0 Å². The highest BCUT2D eigenvalue weighted by atomic mass is 19.1. The molecule has 1 saturated heterocycles. The highest BCUT2D eigenvalue weighted by Gasteiger charge is 2.49. The Labute approximate surface area is 156 Å². The Bertz CT molecular complexity index is 855. The first-order chi connectivity index (χ1) is 12.8. The van der Waals surface area contributed by atoms with E-state index in [-0.39, 0.29) is 18.9 Å². The number of benzene rings is 2. The molecular weight excluding hydrogens is 351 g/mol. The van der Waals surface area contributed by atoms with E-state index >= 15 is 0 Å². The monoisotopic (exact) mass is 372 g/mol. The number of nitrogens with zero attached hydrogens (tertiary/aromatic N) is 1. The number of aliphatic hydroxyl groups is 1. The van der Waals surface area contributed by atoms with E-state index in [1.54, 1.807) is 25.1 Å². The van der Waals surface area contributed by atoms with Crippen molar-refractivity contribution in [3.8, 4) is 5.75 Å². The van der Waals surface area contributed by atoms with Crippen LogP contribution < -0.4 is 10.1 Å². The number of ether oxygens (including phenoxy) is 1. The van der Waals surface area contributed by atoms with Gasteiger partial charge in [-0.2, -0.15) is 0 Å². The van der Waals surface area contributed by atoms with Crippen LogP contribution in [-0.4, -0.2) is 41.2 Å². The molecule has 1 fully saturated rings. The molecule has 1 aliphatic heterocycles. The van der Waals surface area contributed by atoms with Crippen LogP contribution in [0.3, 0.4) is 0 Å². The predicted molar refractivity (Wildman–Crippen MR) is 96.7 cm³/mol. The van der Waals surface area contributed by atoms with Gasteiger partial charge in [-0.25, -0.2) is 9.18 Å². The SMILES string of the molecule is Cc1ccc([C@]2(C)NC(=O)N(C[C@@H](O)COc3ccccc3F)C2=O)cc1. The molecule has 2 aromatic carbocycles. The number of halogens is 1. The summed E-state index contributed by atoms with van der Waals surface area (Å²) in [7, 11) is 0. The molecular formula is C20H21FN2O4. The van der Waals surface area contributed by atoms with Crippen molar-refractivity contribution in [3.05, 3.63) is 65.5 Å². The van der Waals surface area contributed by atoms with Crippen LogP contribution in [0.4, 0.5) is 9.18 Å². The van der Waals surface area contributed by atoms with Gasteiger partial charge in [-0.1, -0.05) is 42.0 Å². The molecule has 1 aliphatic rings. The summed E-state index contributed by atoms with van der Waals surface area (Å²) in [5.41, 5.74) is 0.499. The summed E-state index contributed by atoms with van der Waals surface area (Å²) in [6, 6.07) is 12.5. The molecule has 0 aromatic heterocycles. The lowest BCUT2D eigenvalue weighted by atomic mass is 9.91. The predicted octanol–water partition coefficient (Wildman–Crippen LogP) is 2.34. The third-order valence-electron chi connectivity index (χ3n) is 4.57. The van der Waals surface area contributed by atoms with E-state index in [2.05, 4.69) is 5.32 Å². The number of urea groups is 1. The fraction of sp³-hybridized carbons (Fsp3) is 0.300. The number of imide groups is 1. The maximum atomic E-state index is 13.6. The summed E-state index contributed by atoms with van der Waals surface area (Å²) < 4.78 is 18.8. The molecule has 7 heteroatoms. The van der Waals surface area contributed by atoms with Crippen LogP contribution in [0.1, 0.15) is 18.1 Å². The smallest absolute Gasteiger partial charge is 0.325 e. The number of carbonyl (C=O) groups is 2. The maximum Gasteiger partial charge on any atom is 0.325 e. The highest BCUT2D eigenvalue weighted by Crippen LogP contribution is 2.29. The summed E-state index contributed by atoms with van der Waals surface area (Å²) in [6.45, 7) is 3.05. The van der Waals surface area contributed by atoms with Gasteiger partial charge in [-0.15, -0.1) is 0 Å². The average molecular weight is 372 g/mol. The molecule has 0 unspecified atom stereocenters. The Kier molecular flexibility index (Phi) is 5.14. The van der Waals surface area contributed by atoms with E-state index < -0.39 is 29.4 Å². The van der Waals surface area contributed by atoms with Gasteiger partial charge >= 0.3 is 6.03 Å². The number of hydrogen-bond donors (Lipinski definition) is 2. The normalized spacial score (nSPS) is 20.5. The van der Waals surface area contributed by atoms with Gasteiger partial charge in [0.15, 0.2) is 11.6 Å². The number of rotatable bonds is 6. The first kappa shape index (κ1) is 18.8. The molecule has 0 aliphatic carbocycles. The summed E-state index contributed by atoms with van der Waals surface area (Å²) >= 11 is 0. The topological polar surface area (TPSA) is 78.9 Å². The van der Waals surface area contributed by atoms with Crippen LogP contribution in [-0.2, 0) is 10.3 Å². The maximum absolute atomic E-state index is 13.6. The van der Waals surface area contributed by atoms with Crippen LogP contribution in [0.15, 0.2) is 48.5 Å². The number of aryl methyl sites for hydroxylation is 1. The zero-order valence-corrected chi connectivity index (χ0v) is 15.1. The first-order valence-electron chi connectivity index (χ1n) is 8.58. The molecule has 6 nitrogen and oxygen atoms in total. The molecule has 3 rings (SSSR count). The van der Waals surface area contributed by atoms with Crippen molar-refractivity contribution in [2.24, 2.45) is 0 Å². The Hall–Kier alpha value is -2.93. The Balaban J connectivity index is 1.66. The lowest BCUT2D eigenvalue weighted by molar-refractivity contribution is -0.132. The van der Waals surface area contributed by atoms with Crippen molar-refractivity contribution in [2.45, 2.75) is 25.5 Å². The standard InChI is InChI=1S/C20H21FN2O4/c1-13-7-9-14(10-8-13)20(2)18(25)23(19(26)22-20)11-15(24)12-27-17-6-4-3-5-16(17)21/h3-10,15,24H,11-12H2,1-2H3,(H,22,26)/t15-,20+/m1/s1. The third-order valence-corrected chi connectivity index (χ3v) is 4.57. The largest absolute Gasteiger partial charge is 0.488 e. The number of hydrogen-bond acceptors (Lipinski definition) is 4. The van der Waals surface area contributed by atoms with Crippen LogP contribution >= 0.6 is 0 Å². The van der Waals surface area contributed by atoms with Gasteiger partial charge in [0.05, 0.1) is 6.54 Å². The molecule has 0 spiro atoms. The van der Waals surface area contributed by atoms with E-state index in [4.69, 9.17) is 4.74 Å². The highest BCUT2D eigenvalue weighted by molar-refractivity contribution is 6.07. The van der Waals surface area contributed by atoms with Gasteiger partial charge in [0.1, 0.15) is 18.2 Å². The zero-order chi connectivity index (χ0) is 19.6. The third kappa shape index (κ3) is 3.78. The van der Waals surface area contributed by atoms with Crippen molar-refractivity contribution in [1.29, 1.82) is 0 Å². The van der Waals surface area contributed by atoms with Gasteiger partial charge in [0.25, 0.3) is 5.91 Å². The van der Waals surface area contributed by atoms with Crippen molar-refractivity contribution >= 4 is 11.9 Å². The minimum atomic E-state index is -1.20. The fourth-order valence-corrected chi connectivity index (χ4v) is 2.96. The number of amides is 3. The number of β-amino-alcohol motifs (C(OH)–C–C–N with tert-alkyl or cyclic N) is 1. The Morgan fingerprint density at radius 3 is 2.52 bits per heavy atom. The second kappa shape index (κ2) is 7.36. The van der Waals surface area contributed by atoms with Gasteiger partial charge in [-0.05, 0) is 31.5 Å². The first-order valence-corrected chi connectivity index (χ1v) is 8.58. The molecule has 2 aromatic rings. The lowest BCUT2D eigenvalue weighted by Gasteiger charge is -2.23. The van der Waals surface area contributed by atoms with Crippen LogP contribution in [0, 0.1) is 12.7 Å². The second-order valence-electron chi connectivity index (χ2n) is 6.73. The van der Waals surface area contributed by atoms with Gasteiger partial charge < -0.3 is 15.2 Å². The van der Waals surface area contributed by atoms with Gasteiger partial charge in [0, 0.05) is 0 Å². The fourth-order valence-electron chi connectivity index (χ4n) is 2.96.